The fourth-order valence-corrected chi connectivity index (χ4v) is 5.26. The Morgan fingerprint density at radius 3 is 2.78 bits per heavy atom. The number of hydrogen-bond acceptors (Lipinski definition) is 1. The van der Waals surface area contributed by atoms with Gasteiger partial charge in [-0.2, -0.15) is 0 Å². The summed E-state index contributed by atoms with van der Waals surface area (Å²) in [6, 6.07) is 0. The molecular formula is C5H4O2Se2. The van der Waals surface area contributed by atoms with Gasteiger partial charge in [-0.1, -0.05) is 0 Å². The van der Waals surface area contributed by atoms with E-state index in [0.29, 0.717) is 17.6 Å². The van der Waals surface area contributed by atoms with Crippen LogP contribution in [0, 0.1) is 0 Å². The van der Waals surface area contributed by atoms with E-state index in [2.05, 4.69) is 4.97 Å². The van der Waals surface area contributed by atoms with Gasteiger partial charge in [0.2, 0.25) is 0 Å². The average molecular weight is 254 g/mol. The van der Waals surface area contributed by atoms with Gasteiger partial charge in [-0.15, -0.1) is 0 Å². The molecule has 0 radical (unpaired) electrons. The third-order valence-corrected chi connectivity index (χ3v) is 6.74. The molecule has 0 aromatic heterocycles. The van der Waals surface area contributed by atoms with Crippen LogP contribution in [0.5, 0.6) is 0 Å². The van der Waals surface area contributed by atoms with Crippen molar-refractivity contribution in [3.8, 4) is 0 Å². The van der Waals surface area contributed by atoms with E-state index in [4.69, 9.17) is 5.11 Å². The quantitative estimate of drug-likeness (QED) is 0.658. The Hall–Kier alpha value is -0.0110. The van der Waals surface area contributed by atoms with Crippen LogP contribution < -0.4 is 0 Å². The maximum absolute atomic E-state index is 10.3. The van der Waals surface area contributed by atoms with Crippen molar-refractivity contribution in [2.24, 2.45) is 0 Å². The van der Waals surface area contributed by atoms with Crippen molar-refractivity contribution in [1.82, 2.24) is 0 Å². The second-order valence-corrected chi connectivity index (χ2v) is 7.51. The number of carboxylic acids is 1. The van der Waals surface area contributed by atoms with Crippen molar-refractivity contribution in [2.45, 2.75) is 0 Å². The first kappa shape index (κ1) is 7.10. The minimum absolute atomic E-state index is 0.230. The number of hydrogen-bond donors (Lipinski definition) is 1. The summed E-state index contributed by atoms with van der Waals surface area (Å²) in [5, 5.41) is 8.46. The molecule has 1 aliphatic rings. The monoisotopic (exact) mass is 256 g/mol. The summed E-state index contributed by atoms with van der Waals surface area (Å²) in [7, 11) is 0. The zero-order chi connectivity index (χ0) is 6.69. The Bertz CT molecular complexity index is 183. The summed E-state index contributed by atoms with van der Waals surface area (Å²) in [4.78, 5) is 12.3. The van der Waals surface area contributed by atoms with Gasteiger partial charge in [0.15, 0.2) is 0 Å². The molecule has 0 saturated carbocycles. The predicted molar refractivity (Wildman–Crippen MR) is 36.4 cm³/mol. The van der Waals surface area contributed by atoms with Crippen LogP contribution >= 0.6 is 0 Å². The molecule has 0 bridgehead atoms. The van der Waals surface area contributed by atoms with E-state index in [1.54, 1.807) is 6.08 Å². The Balaban J connectivity index is 2.68. The van der Waals surface area contributed by atoms with Crippen molar-refractivity contribution >= 4 is 32.2 Å². The van der Waals surface area contributed by atoms with Crippen LogP contribution in [-0.2, 0) is 4.79 Å². The van der Waals surface area contributed by atoms with E-state index >= 15 is 0 Å². The molecule has 0 aliphatic carbocycles. The van der Waals surface area contributed by atoms with Gasteiger partial charge in [0.05, 0.1) is 0 Å². The molecule has 0 spiro atoms. The van der Waals surface area contributed by atoms with Gasteiger partial charge >= 0.3 is 63.7 Å². The van der Waals surface area contributed by atoms with Crippen LogP contribution in [0.2, 0.25) is 0 Å². The molecule has 2 nitrogen and oxygen atoms in total. The predicted octanol–water partition coefficient (Wildman–Crippen LogP) is -0.194. The van der Waals surface area contributed by atoms with Crippen LogP contribution in [0.1, 0.15) is 0 Å². The Morgan fingerprint density at radius 2 is 2.44 bits per heavy atom. The van der Waals surface area contributed by atoms with Crippen LogP contribution in [0.4, 0.5) is 0 Å². The van der Waals surface area contributed by atoms with E-state index in [0.717, 1.165) is 0 Å². The first-order valence-corrected chi connectivity index (χ1v) is 8.42. The zero-order valence-corrected chi connectivity index (χ0v) is 7.83. The van der Waals surface area contributed by atoms with Crippen molar-refractivity contribution in [3.05, 3.63) is 21.6 Å². The van der Waals surface area contributed by atoms with Crippen LogP contribution in [-0.4, -0.2) is 37.3 Å². The maximum atomic E-state index is 10.3. The second kappa shape index (κ2) is 3.23. The number of allylic oxidation sites excluding steroid dienone is 2. The zero-order valence-electron chi connectivity index (χ0n) is 4.40. The van der Waals surface area contributed by atoms with Gasteiger partial charge in [-0.05, 0) is 0 Å². The summed E-state index contributed by atoms with van der Waals surface area (Å²) in [5.74, 6) is -0.749. The fraction of sp³-hybridized carbons (Fsp3) is 0. The number of carbonyl (C=O) groups is 1. The minimum atomic E-state index is -0.749. The Kier molecular flexibility index (Phi) is 2.55. The van der Waals surface area contributed by atoms with Gasteiger partial charge in [-0.25, -0.2) is 0 Å². The van der Waals surface area contributed by atoms with E-state index in [1.807, 2.05) is 6.08 Å². The molecule has 0 fully saturated rings. The SMILES string of the molecule is O=C(O)C1=CC=C[Se][Se]1. The van der Waals surface area contributed by atoms with E-state index in [9.17, 15) is 4.79 Å². The van der Waals surface area contributed by atoms with Crippen LogP contribution in [0.3, 0.4) is 0 Å². The van der Waals surface area contributed by atoms with E-state index < -0.39 is 5.97 Å². The first-order chi connectivity index (χ1) is 4.30. The molecular weight excluding hydrogens is 250 g/mol. The van der Waals surface area contributed by atoms with Crippen LogP contribution in [0.25, 0.3) is 0 Å². The standard InChI is InChI=1S/C5H4O2Se2/c6-5(7)4-2-1-3-8-9-4/h1-3H,(H,6,7). The van der Waals surface area contributed by atoms with Crippen molar-refractivity contribution in [2.75, 3.05) is 0 Å². The molecule has 4 heteroatoms. The van der Waals surface area contributed by atoms with Gasteiger partial charge in [0, 0.05) is 0 Å². The van der Waals surface area contributed by atoms with Gasteiger partial charge in [0.1, 0.15) is 0 Å². The van der Waals surface area contributed by atoms with Crippen molar-refractivity contribution < 1.29 is 9.90 Å². The summed E-state index contributed by atoms with van der Waals surface area (Å²) in [5.41, 5.74) is 0. The van der Waals surface area contributed by atoms with E-state index in [1.165, 1.54) is 0 Å². The molecule has 0 aromatic carbocycles. The molecule has 1 heterocycles. The molecule has 0 atom stereocenters. The summed E-state index contributed by atoms with van der Waals surface area (Å²) in [6.45, 7) is 0. The number of rotatable bonds is 1. The topological polar surface area (TPSA) is 37.3 Å². The molecule has 1 N–H and O–H groups in total. The Labute approximate surface area is 63.9 Å². The summed E-state index contributed by atoms with van der Waals surface area (Å²) in [6.07, 6.45) is 3.52. The second-order valence-electron chi connectivity index (χ2n) is 1.34. The van der Waals surface area contributed by atoms with Crippen molar-refractivity contribution in [3.63, 3.8) is 0 Å². The summed E-state index contributed by atoms with van der Waals surface area (Å²) < 4.78 is 0.602. The van der Waals surface area contributed by atoms with Gasteiger partial charge in [-0.3, -0.25) is 0 Å². The number of aliphatic carboxylic acids is 1. The van der Waals surface area contributed by atoms with Gasteiger partial charge < -0.3 is 0 Å². The molecule has 0 amide bonds. The van der Waals surface area contributed by atoms with E-state index in [-0.39, 0.29) is 13.1 Å². The molecule has 9 heavy (non-hydrogen) atoms. The normalized spacial score (nSPS) is 17.1. The third kappa shape index (κ3) is 1.99. The number of carboxylic acid groups (broad SMARTS) is 1. The third-order valence-electron chi connectivity index (χ3n) is 0.730. The molecule has 1 rings (SSSR count). The first-order valence-electron chi connectivity index (χ1n) is 2.24. The molecule has 0 unspecified atom stereocenters. The Morgan fingerprint density at radius 1 is 1.67 bits per heavy atom. The van der Waals surface area contributed by atoms with Crippen LogP contribution in [0.15, 0.2) is 21.6 Å². The molecule has 1 aliphatic heterocycles. The summed E-state index contributed by atoms with van der Waals surface area (Å²) >= 11 is 0.670. The molecule has 0 aromatic rings. The average Bonchev–Trinajstić information content (AvgIpc) is 1.90. The van der Waals surface area contributed by atoms with Crippen molar-refractivity contribution in [1.29, 1.82) is 0 Å². The fourth-order valence-electron chi connectivity index (χ4n) is 0.373. The van der Waals surface area contributed by atoms with Gasteiger partial charge in [0.25, 0.3) is 0 Å². The molecule has 48 valence electrons. The molecule has 0 saturated heterocycles.